The maximum Gasteiger partial charge on any atom is 0.152 e. The van der Waals surface area contributed by atoms with Crippen molar-refractivity contribution in [3.05, 3.63) is 34.6 Å². The van der Waals surface area contributed by atoms with Crippen molar-refractivity contribution in [1.82, 2.24) is 9.88 Å². The van der Waals surface area contributed by atoms with Gasteiger partial charge in [0.2, 0.25) is 0 Å². The molecule has 2 aromatic rings. The van der Waals surface area contributed by atoms with E-state index in [1.54, 1.807) is 6.07 Å². The number of hydrogen-bond acceptors (Lipinski definition) is 5. The van der Waals surface area contributed by atoms with Crippen LogP contribution in [-0.2, 0) is 9.84 Å². The smallest absolute Gasteiger partial charge is 0.152 e. The van der Waals surface area contributed by atoms with Crippen molar-refractivity contribution in [3.8, 4) is 0 Å². The number of sulfone groups is 1. The lowest BCUT2D eigenvalue weighted by Crippen LogP contribution is -2.41. The van der Waals surface area contributed by atoms with Crippen molar-refractivity contribution in [1.29, 1.82) is 0 Å². The second-order valence-electron chi connectivity index (χ2n) is 5.93. The van der Waals surface area contributed by atoms with Gasteiger partial charge in [0.1, 0.15) is 11.6 Å². The highest BCUT2D eigenvalue weighted by atomic mass is 79.9. The Morgan fingerprint density at radius 3 is 2.75 bits per heavy atom. The van der Waals surface area contributed by atoms with Crippen LogP contribution in [0.1, 0.15) is 6.42 Å². The normalized spacial score (nSPS) is 17.9. The fourth-order valence-corrected chi connectivity index (χ4v) is 4.35. The van der Waals surface area contributed by atoms with E-state index in [9.17, 15) is 12.8 Å². The first kappa shape index (κ1) is 17.6. The third-order valence-electron chi connectivity index (χ3n) is 4.13. The summed E-state index contributed by atoms with van der Waals surface area (Å²) in [6.45, 7) is 2.83. The van der Waals surface area contributed by atoms with Crippen LogP contribution in [0.15, 0.2) is 28.7 Å². The van der Waals surface area contributed by atoms with E-state index in [1.807, 2.05) is 12.1 Å². The monoisotopic (exact) mass is 415 g/mol. The molecule has 1 fully saturated rings. The summed E-state index contributed by atoms with van der Waals surface area (Å²) in [6, 6.07) is 6.91. The van der Waals surface area contributed by atoms with Gasteiger partial charge in [0.25, 0.3) is 0 Å². The molecule has 3 rings (SSSR count). The fraction of sp³-hybridized carbons (Fsp3) is 0.438. The Morgan fingerprint density at radius 2 is 2.00 bits per heavy atom. The Morgan fingerprint density at radius 1 is 1.25 bits per heavy atom. The third-order valence-corrected chi connectivity index (χ3v) is 6.34. The van der Waals surface area contributed by atoms with E-state index in [1.165, 1.54) is 6.07 Å². The van der Waals surface area contributed by atoms with E-state index in [4.69, 9.17) is 0 Å². The zero-order chi connectivity index (χ0) is 17.2. The Labute approximate surface area is 149 Å². The molecule has 8 heteroatoms. The molecule has 0 spiro atoms. The summed E-state index contributed by atoms with van der Waals surface area (Å²) < 4.78 is 36.8. The first-order valence-electron chi connectivity index (χ1n) is 7.85. The summed E-state index contributed by atoms with van der Waals surface area (Å²) in [7, 11) is -2.82. The first-order chi connectivity index (χ1) is 11.4. The van der Waals surface area contributed by atoms with Crippen LogP contribution >= 0.6 is 15.9 Å². The minimum Gasteiger partial charge on any atom is -0.370 e. The molecule has 0 aliphatic carbocycles. The second-order valence-corrected chi connectivity index (χ2v) is 9.09. The van der Waals surface area contributed by atoms with E-state index in [-0.39, 0.29) is 17.3 Å². The molecule has 1 N–H and O–H groups in total. The molecule has 0 amide bonds. The predicted octanol–water partition coefficient (Wildman–Crippen LogP) is 2.67. The van der Waals surface area contributed by atoms with Gasteiger partial charge in [-0.15, -0.1) is 0 Å². The first-order valence-corrected chi connectivity index (χ1v) is 10.5. The zero-order valence-electron chi connectivity index (χ0n) is 13.1. The van der Waals surface area contributed by atoms with Crippen molar-refractivity contribution >= 4 is 42.5 Å². The van der Waals surface area contributed by atoms with Crippen LogP contribution in [0.25, 0.3) is 10.9 Å². The van der Waals surface area contributed by atoms with Crippen LogP contribution in [0.5, 0.6) is 0 Å². The van der Waals surface area contributed by atoms with Gasteiger partial charge in [-0.3, -0.25) is 0 Å². The van der Waals surface area contributed by atoms with Crippen molar-refractivity contribution in [3.63, 3.8) is 0 Å². The number of aromatic nitrogens is 1. The predicted molar refractivity (Wildman–Crippen MR) is 97.6 cm³/mol. The average molecular weight is 416 g/mol. The van der Waals surface area contributed by atoms with Gasteiger partial charge in [0.15, 0.2) is 9.84 Å². The summed E-state index contributed by atoms with van der Waals surface area (Å²) in [4.78, 5) is 6.59. The quantitative estimate of drug-likeness (QED) is 0.760. The van der Waals surface area contributed by atoms with Crippen LogP contribution in [0.2, 0.25) is 0 Å². The number of rotatable bonds is 5. The highest BCUT2D eigenvalue weighted by Crippen LogP contribution is 2.23. The van der Waals surface area contributed by atoms with Gasteiger partial charge < -0.3 is 10.2 Å². The molecule has 130 valence electrons. The molecule has 0 atom stereocenters. The standard InChI is InChI=1S/C16H19BrFN3O2S/c17-13-10-12-2-3-16(20-15(12)11-14(13)18)19-4-1-5-21-6-8-24(22,23)9-7-21/h2-3,10-11H,1,4-9H2,(H,19,20). The molecule has 24 heavy (non-hydrogen) atoms. The minimum absolute atomic E-state index is 0.258. The van der Waals surface area contributed by atoms with Crippen LogP contribution in [0, 0.1) is 5.82 Å². The molecule has 5 nitrogen and oxygen atoms in total. The van der Waals surface area contributed by atoms with E-state index >= 15 is 0 Å². The number of nitrogens with zero attached hydrogens (tertiary/aromatic N) is 2. The lowest BCUT2D eigenvalue weighted by Gasteiger charge is -2.26. The topological polar surface area (TPSA) is 62.3 Å². The molecular weight excluding hydrogens is 397 g/mol. The molecule has 1 saturated heterocycles. The van der Waals surface area contributed by atoms with Crippen molar-refractivity contribution in [2.24, 2.45) is 0 Å². The Hall–Kier alpha value is -1.25. The van der Waals surface area contributed by atoms with Gasteiger partial charge >= 0.3 is 0 Å². The number of anilines is 1. The van der Waals surface area contributed by atoms with Gasteiger partial charge in [-0.05, 0) is 47.1 Å². The number of hydrogen-bond donors (Lipinski definition) is 1. The minimum atomic E-state index is -2.82. The number of halogens is 2. The van der Waals surface area contributed by atoms with Crippen LogP contribution in [0.3, 0.4) is 0 Å². The van der Waals surface area contributed by atoms with Crippen molar-refractivity contribution in [2.45, 2.75) is 6.42 Å². The molecule has 0 radical (unpaired) electrons. The summed E-state index contributed by atoms with van der Waals surface area (Å²) >= 11 is 3.17. The maximum absolute atomic E-state index is 13.6. The van der Waals surface area contributed by atoms with Crippen LogP contribution < -0.4 is 5.32 Å². The summed E-state index contributed by atoms with van der Waals surface area (Å²) in [6.07, 6.45) is 0.897. The largest absolute Gasteiger partial charge is 0.370 e. The van der Waals surface area contributed by atoms with Gasteiger partial charge in [0, 0.05) is 31.1 Å². The second kappa shape index (κ2) is 7.33. The molecule has 1 aliphatic heterocycles. The highest BCUT2D eigenvalue weighted by Gasteiger charge is 2.20. The van der Waals surface area contributed by atoms with Crippen molar-refractivity contribution < 1.29 is 12.8 Å². The van der Waals surface area contributed by atoms with E-state index in [0.29, 0.717) is 28.9 Å². The summed E-state index contributed by atoms with van der Waals surface area (Å²) in [5.74, 6) is 0.902. The number of fused-ring (bicyclic) bond motifs is 1. The Kier molecular flexibility index (Phi) is 5.36. The average Bonchev–Trinajstić information content (AvgIpc) is 2.54. The van der Waals surface area contributed by atoms with E-state index < -0.39 is 9.84 Å². The van der Waals surface area contributed by atoms with E-state index in [0.717, 1.165) is 24.9 Å². The van der Waals surface area contributed by atoms with Crippen LogP contribution in [-0.4, -0.2) is 56.0 Å². The molecule has 1 aromatic carbocycles. The van der Waals surface area contributed by atoms with Gasteiger partial charge in [0.05, 0.1) is 21.5 Å². The van der Waals surface area contributed by atoms with E-state index in [2.05, 4.69) is 31.1 Å². The molecule has 1 aromatic heterocycles. The Bertz CT molecular complexity index is 831. The number of benzene rings is 1. The molecule has 0 unspecified atom stereocenters. The summed E-state index contributed by atoms with van der Waals surface area (Å²) in [5.41, 5.74) is 0.613. The third kappa shape index (κ3) is 4.43. The molecule has 0 saturated carbocycles. The molecular formula is C16H19BrFN3O2S. The Balaban J connectivity index is 1.50. The van der Waals surface area contributed by atoms with Gasteiger partial charge in [-0.25, -0.2) is 17.8 Å². The van der Waals surface area contributed by atoms with Crippen molar-refractivity contribution in [2.75, 3.05) is 43.0 Å². The highest BCUT2D eigenvalue weighted by molar-refractivity contribution is 9.10. The fourth-order valence-electron chi connectivity index (χ4n) is 2.71. The number of nitrogens with one attached hydrogen (secondary N) is 1. The van der Waals surface area contributed by atoms with Gasteiger partial charge in [-0.2, -0.15) is 0 Å². The molecule has 2 heterocycles. The molecule has 1 aliphatic rings. The molecule has 0 bridgehead atoms. The lowest BCUT2D eigenvalue weighted by molar-refractivity contribution is 0.294. The summed E-state index contributed by atoms with van der Waals surface area (Å²) in [5, 5.41) is 4.11. The maximum atomic E-state index is 13.6. The van der Waals surface area contributed by atoms with Crippen LogP contribution in [0.4, 0.5) is 10.2 Å². The lowest BCUT2D eigenvalue weighted by atomic mass is 10.2. The number of pyridine rings is 1. The van der Waals surface area contributed by atoms with Gasteiger partial charge in [-0.1, -0.05) is 0 Å². The SMILES string of the molecule is O=S1(=O)CCN(CCCNc2ccc3cc(Br)c(F)cc3n2)CC1. The zero-order valence-corrected chi connectivity index (χ0v) is 15.5.